The van der Waals surface area contributed by atoms with Crippen LogP contribution in [-0.2, 0) is 9.47 Å². The monoisotopic (exact) mass is 686 g/mol. The first-order valence-corrected chi connectivity index (χ1v) is 19.8. The van der Waals surface area contributed by atoms with Gasteiger partial charge in [0.25, 0.3) is 0 Å². The quantitative estimate of drug-likeness (QED) is 0.292. The van der Waals surface area contributed by atoms with Gasteiger partial charge in [-0.3, -0.25) is 4.98 Å². The zero-order valence-electron chi connectivity index (χ0n) is 33.2. The molecule has 0 amide bonds. The van der Waals surface area contributed by atoms with Gasteiger partial charge in [0.2, 0.25) is 0 Å². The highest BCUT2D eigenvalue weighted by molar-refractivity contribution is 5.54. The molecule has 2 aromatic rings. The average Bonchev–Trinajstić information content (AvgIpc) is 3.54. The number of hydrogen-bond donors (Lipinski definition) is 1. The summed E-state index contributed by atoms with van der Waals surface area (Å²) in [6.45, 7) is 28.5. The highest BCUT2D eigenvalue weighted by atomic mass is 16.5. The van der Waals surface area contributed by atoms with Crippen molar-refractivity contribution < 1.29 is 9.47 Å². The van der Waals surface area contributed by atoms with Crippen LogP contribution in [0.1, 0.15) is 127 Å². The van der Waals surface area contributed by atoms with Crippen molar-refractivity contribution in [3.8, 4) is 11.4 Å². The van der Waals surface area contributed by atoms with Crippen LogP contribution in [0, 0.1) is 56.2 Å². The smallest absolute Gasteiger partial charge is 0.158 e. The lowest BCUT2D eigenvalue weighted by Crippen LogP contribution is -2.68. The molecule has 3 heterocycles. The molecule has 2 N–H and O–H groups in total. The van der Waals surface area contributed by atoms with Crippen LogP contribution in [0.15, 0.2) is 42.5 Å². The zero-order chi connectivity index (χ0) is 36.1. The van der Waals surface area contributed by atoms with Crippen molar-refractivity contribution in [1.82, 2.24) is 19.7 Å². The molecule has 7 heteroatoms. The van der Waals surface area contributed by atoms with Crippen molar-refractivity contribution in [2.45, 2.75) is 139 Å². The lowest BCUT2D eigenvalue weighted by Gasteiger charge is -2.70. The lowest BCUT2D eigenvalue weighted by molar-refractivity contribution is -0.250. The van der Waals surface area contributed by atoms with Crippen molar-refractivity contribution in [1.29, 1.82) is 0 Å². The van der Waals surface area contributed by atoms with Crippen LogP contribution in [0.2, 0.25) is 0 Å². The highest BCUT2D eigenvalue weighted by Crippen LogP contribution is 2.74. The summed E-state index contributed by atoms with van der Waals surface area (Å²) in [6, 6.07) is 4.08. The molecule has 0 spiro atoms. The first kappa shape index (κ1) is 36.3. The van der Waals surface area contributed by atoms with E-state index in [4.69, 9.17) is 25.3 Å². The summed E-state index contributed by atoms with van der Waals surface area (Å²) in [5.74, 6) is 3.35. The Bertz CT molecular complexity index is 1590. The van der Waals surface area contributed by atoms with Gasteiger partial charge in [-0.2, -0.15) is 5.10 Å². The molecule has 2 bridgehead atoms. The molecule has 11 atom stereocenters. The lowest BCUT2D eigenvalue weighted by atomic mass is 9.36. The topological polar surface area (TPSA) is 88.1 Å². The number of nitrogens with zero attached hydrogens (tertiary/aromatic N) is 4. The molecular weight excluding hydrogens is 619 g/mol. The van der Waals surface area contributed by atoms with Crippen LogP contribution in [0.3, 0.4) is 0 Å². The van der Waals surface area contributed by atoms with E-state index in [1.165, 1.54) is 32.1 Å². The molecule has 276 valence electrons. The van der Waals surface area contributed by atoms with Crippen molar-refractivity contribution in [2.75, 3.05) is 19.8 Å². The van der Waals surface area contributed by atoms with Crippen LogP contribution in [0.4, 0.5) is 0 Å². The van der Waals surface area contributed by atoms with Crippen molar-refractivity contribution in [3.63, 3.8) is 0 Å². The molecule has 3 saturated carbocycles. The molecule has 1 aliphatic heterocycles. The largest absolute Gasteiger partial charge is 0.380 e. The second-order valence-corrected chi connectivity index (χ2v) is 20.5. The minimum absolute atomic E-state index is 0.0103. The van der Waals surface area contributed by atoms with Gasteiger partial charge in [-0.15, -0.1) is 0 Å². The van der Waals surface area contributed by atoms with Crippen LogP contribution < -0.4 is 5.73 Å². The molecule has 7 rings (SSSR count). The Morgan fingerprint density at radius 1 is 1.02 bits per heavy atom. The molecule has 50 heavy (non-hydrogen) atoms. The fraction of sp³-hybridized carbons (Fsp3) is 0.791. The summed E-state index contributed by atoms with van der Waals surface area (Å²) in [7, 11) is 0. The first-order valence-electron chi connectivity index (χ1n) is 19.8. The third-order valence-corrected chi connectivity index (χ3v) is 16.6. The molecular formula is C43H67N5O2. The van der Waals surface area contributed by atoms with E-state index in [0.717, 1.165) is 36.8 Å². The maximum atomic E-state index is 7.23. The number of hydrogen-bond acceptors (Lipinski definition) is 6. The van der Waals surface area contributed by atoms with Crippen LogP contribution in [0.5, 0.6) is 0 Å². The Morgan fingerprint density at radius 2 is 1.74 bits per heavy atom. The minimum atomic E-state index is -0.501. The van der Waals surface area contributed by atoms with Gasteiger partial charge in [0.05, 0.1) is 32.0 Å². The summed E-state index contributed by atoms with van der Waals surface area (Å²) >= 11 is 0. The number of nitrogens with two attached hydrogens (primary N) is 1. The molecule has 2 aromatic heterocycles. The van der Waals surface area contributed by atoms with Gasteiger partial charge < -0.3 is 15.2 Å². The summed E-state index contributed by atoms with van der Waals surface area (Å²) in [5.41, 5.74) is 9.82. The molecule has 1 saturated heterocycles. The fourth-order valence-corrected chi connectivity index (χ4v) is 12.2. The predicted molar refractivity (Wildman–Crippen MR) is 201 cm³/mol. The molecule has 4 fully saturated rings. The van der Waals surface area contributed by atoms with E-state index >= 15 is 0 Å². The van der Waals surface area contributed by atoms with Gasteiger partial charge in [-0.25, -0.2) is 9.67 Å². The standard InChI is InChI=1S/C43H67N5O2/c1-28(2)29(3)38(7)18-19-41(10)31-12-13-34-40(9)24-49-26-43(34,32(31)14-17-39(41,8)23-38)22-33(35(40)50-25-42(11,44)37(4,5)6)48-36(46-27-47-48)30-15-20-45-21-16-30/h14-16,20-21,27-29,31,33-35H,12-13,17-19,22-26,44H2,1-11H3/t29-,31+,33-,34+,35+,38+,39+,40-,41-,42+,43+/m1/s1. The van der Waals surface area contributed by atoms with Gasteiger partial charge in [0, 0.05) is 34.3 Å². The summed E-state index contributed by atoms with van der Waals surface area (Å²) < 4.78 is 16.3. The molecule has 7 nitrogen and oxygen atoms in total. The van der Waals surface area contributed by atoms with E-state index in [0.29, 0.717) is 36.4 Å². The van der Waals surface area contributed by atoms with Crippen LogP contribution in [-0.4, -0.2) is 51.2 Å². The van der Waals surface area contributed by atoms with Gasteiger partial charge >= 0.3 is 0 Å². The number of pyridine rings is 1. The second-order valence-electron chi connectivity index (χ2n) is 20.5. The first-order chi connectivity index (χ1) is 23.3. The van der Waals surface area contributed by atoms with Gasteiger partial charge in [0.15, 0.2) is 5.82 Å². The molecule has 5 aliphatic rings. The number of aromatic nitrogens is 4. The normalized spacial score (nSPS) is 41.7. The molecule has 0 unspecified atom stereocenters. The maximum Gasteiger partial charge on any atom is 0.158 e. The highest BCUT2D eigenvalue weighted by Gasteiger charge is 2.69. The van der Waals surface area contributed by atoms with Gasteiger partial charge in [-0.05, 0) is 109 Å². The Labute approximate surface area is 303 Å². The molecule has 0 radical (unpaired) electrons. The van der Waals surface area contributed by atoms with Crippen molar-refractivity contribution in [2.24, 2.45) is 61.9 Å². The number of ether oxygens (including phenoxy) is 2. The summed E-state index contributed by atoms with van der Waals surface area (Å²) in [4.78, 5) is 9.16. The Balaban J connectivity index is 1.32. The number of rotatable bonds is 7. The van der Waals surface area contributed by atoms with Gasteiger partial charge in [-0.1, -0.05) is 80.9 Å². The van der Waals surface area contributed by atoms with Crippen molar-refractivity contribution >= 4 is 0 Å². The molecule has 0 aromatic carbocycles. The zero-order valence-corrected chi connectivity index (χ0v) is 33.2. The SMILES string of the molecule is CC(C)[C@@H](C)[C@@]1(C)CC[C@]2(C)[C@H]3CC[C@@H]4[C@@]5(COC[C@@]4(C)[C@@H](OC[C@](C)(N)C(C)(C)C)[C@H](n4ncnc4-c4ccncc4)C5)C3=CC[C@@]2(C)C1. The van der Waals surface area contributed by atoms with Crippen LogP contribution >= 0.6 is 0 Å². The van der Waals surface area contributed by atoms with E-state index in [1.54, 1.807) is 11.9 Å². The Hall–Kier alpha value is -2.09. The van der Waals surface area contributed by atoms with E-state index in [9.17, 15) is 0 Å². The second kappa shape index (κ2) is 12.0. The summed E-state index contributed by atoms with van der Waals surface area (Å²) in [6.07, 6.45) is 16.6. The van der Waals surface area contributed by atoms with E-state index in [1.807, 2.05) is 24.5 Å². The van der Waals surface area contributed by atoms with Crippen molar-refractivity contribution in [3.05, 3.63) is 42.5 Å². The van der Waals surface area contributed by atoms with Gasteiger partial charge in [0.1, 0.15) is 6.33 Å². The Kier molecular flexibility index (Phi) is 8.68. The number of allylic oxidation sites excluding steroid dienone is 1. The third-order valence-electron chi connectivity index (χ3n) is 16.6. The Morgan fingerprint density at radius 3 is 2.42 bits per heavy atom. The average molecular weight is 686 g/mol. The van der Waals surface area contributed by atoms with E-state index in [-0.39, 0.29) is 39.2 Å². The van der Waals surface area contributed by atoms with E-state index < -0.39 is 5.54 Å². The van der Waals surface area contributed by atoms with Crippen LogP contribution in [0.25, 0.3) is 11.4 Å². The summed E-state index contributed by atoms with van der Waals surface area (Å²) in [5, 5.41) is 5.01. The van der Waals surface area contributed by atoms with E-state index in [2.05, 4.69) is 91.9 Å². The predicted octanol–water partition coefficient (Wildman–Crippen LogP) is 9.31. The fourth-order valence-electron chi connectivity index (χ4n) is 12.2. The maximum absolute atomic E-state index is 7.23. The molecule has 4 aliphatic carbocycles. The minimum Gasteiger partial charge on any atom is -0.380 e. The number of fused-ring (bicyclic) bond motifs is 3. The third kappa shape index (κ3) is 5.24.